The average Bonchev–Trinajstić information content (AvgIpc) is 3.36. The van der Waals surface area contributed by atoms with Crippen LogP contribution in [0.4, 0.5) is 5.69 Å². The molecule has 1 aliphatic carbocycles. The van der Waals surface area contributed by atoms with Gasteiger partial charge in [0.2, 0.25) is 11.8 Å². The summed E-state index contributed by atoms with van der Waals surface area (Å²) < 4.78 is 0. The highest BCUT2D eigenvalue weighted by molar-refractivity contribution is 5.81. The minimum absolute atomic E-state index is 0.159. The molecule has 0 aromatic heterocycles. The predicted molar refractivity (Wildman–Crippen MR) is 94.7 cm³/mol. The zero-order valence-corrected chi connectivity index (χ0v) is 14.4. The summed E-state index contributed by atoms with van der Waals surface area (Å²) in [6, 6.07) is 10.3. The lowest BCUT2D eigenvalue weighted by Crippen LogP contribution is -2.48. The van der Waals surface area contributed by atoms with Crippen molar-refractivity contribution < 1.29 is 9.59 Å². The van der Waals surface area contributed by atoms with Gasteiger partial charge in [-0.25, -0.2) is 0 Å². The van der Waals surface area contributed by atoms with Crippen molar-refractivity contribution in [3.63, 3.8) is 0 Å². The topological polar surface area (TPSA) is 52.7 Å². The number of hydrogen-bond donors (Lipinski definition) is 1. The van der Waals surface area contributed by atoms with E-state index < -0.39 is 0 Å². The fourth-order valence-electron chi connectivity index (χ4n) is 3.28. The number of anilines is 1. The Labute approximate surface area is 144 Å². The number of hydrogen-bond acceptors (Lipinski definition) is 3. The van der Waals surface area contributed by atoms with Crippen molar-refractivity contribution in [2.24, 2.45) is 11.8 Å². The second-order valence-electron chi connectivity index (χ2n) is 6.92. The van der Waals surface area contributed by atoms with Crippen LogP contribution in [0.5, 0.6) is 0 Å². The Morgan fingerprint density at radius 2 is 1.79 bits per heavy atom. The lowest BCUT2D eigenvalue weighted by molar-refractivity contribution is -0.131. The molecule has 1 N–H and O–H groups in total. The van der Waals surface area contributed by atoms with E-state index >= 15 is 0 Å². The molecule has 0 unspecified atom stereocenters. The van der Waals surface area contributed by atoms with Crippen molar-refractivity contribution in [1.82, 2.24) is 10.2 Å². The Morgan fingerprint density at radius 1 is 1.12 bits per heavy atom. The molecule has 1 saturated heterocycles. The van der Waals surface area contributed by atoms with Crippen LogP contribution in [0.1, 0.15) is 26.2 Å². The molecule has 5 nitrogen and oxygen atoms in total. The first-order valence-electron chi connectivity index (χ1n) is 9.00. The number of carbonyl (C=O) groups is 2. The molecule has 1 aliphatic heterocycles. The lowest BCUT2D eigenvalue weighted by Gasteiger charge is -2.36. The number of piperazine rings is 1. The van der Waals surface area contributed by atoms with Gasteiger partial charge in [-0.1, -0.05) is 25.1 Å². The van der Waals surface area contributed by atoms with Gasteiger partial charge in [0.1, 0.15) is 0 Å². The third kappa shape index (κ3) is 4.28. The monoisotopic (exact) mass is 329 g/mol. The van der Waals surface area contributed by atoms with E-state index in [9.17, 15) is 9.59 Å². The van der Waals surface area contributed by atoms with Gasteiger partial charge in [0.25, 0.3) is 0 Å². The molecule has 1 aromatic carbocycles. The van der Waals surface area contributed by atoms with E-state index in [-0.39, 0.29) is 17.7 Å². The van der Waals surface area contributed by atoms with Crippen molar-refractivity contribution in [3.8, 4) is 0 Å². The van der Waals surface area contributed by atoms with Crippen LogP contribution in [-0.4, -0.2) is 49.4 Å². The van der Waals surface area contributed by atoms with Crippen LogP contribution in [0, 0.1) is 11.8 Å². The van der Waals surface area contributed by atoms with Crippen molar-refractivity contribution in [2.75, 3.05) is 37.6 Å². The summed E-state index contributed by atoms with van der Waals surface area (Å²) in [6.45, 7) is 6.03. The molecule has 2 fully saturated rings. The number of rotatable bonds is 6. The smallest absolute Gasteiger partial charge is 0.223 e. The summed E-state index contributed by atoms with van der Waals surface area (Å²) >= 11 is 0. The van der Waals surface area contributed by atoms with Crippen molar-refractivity contribution in [1.29, 1.82) is 0 Å². The highest BCUT2D eigenvalue weighted by Gasteiger charge is 2.38. The Balaban J connectivity index is 1.33. The summed E-state index contributed by atoms with van der Waals surface area (Å²) in [5, 5.41) is 2.94. The largest absolute Gasteiger partial charge is 0.368 e. The fraction of sp³-hybridized carbons (Fsp3) is 0.579. The standard InChI is InChI=1S/C19H27N3O2/c1-15-14-17(15)19(24)20-9-5-8-18(23)22-12-10-21(11-13-22)16-6-3-2-4-7-16/h2-4,6-7,15,17H,5,8-14H2,1H3,(H,20,24)/t15-,17+/m0/s1. The summed E-state index contributed by atoms with van der Waals surface area (Å²) in [5.74, 6) is 1.11. The third-order valence-electron chi connectivity index (χ3n) is 5.07. The molecule has 5 heteroatoms. The zero-order valence-electron chi connectivity index (χ0n) is 14.4. The Kier molecular flexibility index (Phi) is 5.38. The summed E-state index contributed by atoms with van der Waals surface area (Å²) in [5.41, 5.74) is 1.22. The molecule has 2 atom stereocenters. The second kappa shape index (κ2) is 7.69. The summed E-state index contributed by atoms with van der Waals surface area (Å²) in [7, 11) is 0. The van der Waals surface area contributed by atoms with E-state index in [0.29, 0.717) is 18.9 Å². The van der Waals surface area contributed by atoms with E-state index in [0.717, 1.165) is 39.0 Å². The van der Waals surface area contributed by atoms with E-state index in [2.05, 4.69) is 29.3 Å². The van der Waals surface area contributed by atoms with Crippen LogP contribution in [-0.2, 0) is 9.59 Å². The summed E-state index contributed by atoms with van der Waals surface area (Å²) in [6.07, 6.45) is 2.26. The molecule has 2 aliphatic rings. The molecular weight excluding hydrogens is 302 g/mol. The maximum Gasteiger partial charge on any atom is 0.223 e. The van der Waals surface area contributed by atoms with Crippen molar-refractivity contribution >= 4 is 17.5 Å². The predicted octanol–water partition coefficient (Wildman–Crippen LogP) is 1.89. The Bertz CT molecular complexity index is 567. The third-order valence-corrected chi connectivity index (χ3v) is 5.07. The molecule has 130 valence electrons. The highest BCUT2D eigenvalue weighted by Crippen LogP contribution is 2.37. The lowest BCUT2D eigenvalue weighted by atomic mass is 10.2. The molecule has 0 bridgehead atoms. The van der Waals surface area contributed by atoms with E-state index in [1.807, 2.05) is 23.1 Å². The SMILES string of the molecule is C[C@H]1C[C@H]1C(=O)NCCCC(=O)N1CCN(c2ccccc2)CC1. The number of nitrogens with zero attached hydrogens (tertiary/aromatic N) is 2. The van der Waals surface area contributed by atoms with Crippen LogP contribution in [0.15, 0.2) is 30.3 Å². The number of carbonyl (C=O) groups excluding carboxylic acids is 2. The van der Waals surface area contributed by atoms with Crippen molar-refractivity contribution in [2.45, 2.75) is 26.2 Å². The number of amides is 2. The van der Waals surface area contributed by atoms with E-state index in [4.69, 9.17) is 0 Å². The van der Waals surface area contributed by atoms with Crippen LogP contribution in [0.2, 0.25) is 0 Å². The molecular formula is C19H27N3O2. The highest BCUT2D eigenvalue weighted by atomic mass is 16.2. The van der Waals surface area contributed by atoms with Crippen LogP contribution in [0.25, 0.3) is 0 Å². The van der Waals surface area contributed by atoms with Gasteiger partial charge in [-0.2, -0.15) is 0 Å². The maximum atomic E-state index is 12.3. The molecule has 1 heterocycles. The molecule has 1 saturated carbocycles. The molecule has 3 rings (SSSR count). The van der Waals surface area contributed by atoms with E-state index in [1.54, 1.807) is 0 Å². The average molecular weight is 329 g/mol. The van der Waals surface area contributed by atoms with Gasteiger partial charge in [-0.3, -0.25) is 9.59 Å². The second-order valence-corrected chi connectivity index (χ2v) is 6.92. The van der Waals surface area contributed by atoms with Crippen LogP contribution in [0.3, 0.4) is 0 Å². The number of benzene rings is 1. The molecule has 0 radical (unpaired) electrons. The van der Waals surface area contributed by atoms with Crippen molar-refractivity contribution in [3.05, 3.63) is 30.3 Å². The van der Waals surface area contributed by atoms with Crippen LogP contribution < -0.4 is 10.2 Å². The first-order chi connectivity index (χ1) is 11.6. The van der Waals surface area contributed by atoms with Crippen LogP contribution >= 0.6 is 0 Å². The van der Waals surface area contributed by atoms with Gasteiger partial charge in [0.05, 0.1) is 0 Å². The minimum Gasteiger partial charge on any atom is -0.368 e. The first kappa shape index (κ1) is 16.8. The fourth-order valence-corrected chi connectivity index (χ4v) is 3.28. The van der Waals surface area contributed by atoms with Gasteiger partial charge >= 0.3 is 0 Å². The maximum absolute atomic E-state index is 12.3. The van der Waals surface area contributed by atoms with Gasteiger partial charge in [-0.15, -0.1) is 0 Å². The molecule has 1 aromatic rings. The summed E-state index contributed by atoms with van der Waals surface area (Å²) in [4.78, 5) is 28.3. The minimum atomic E-state index is 0.159. The van der Waals surface area contributed by atoms with Gasteiger partial charge in [-0.05, 0) is 30.9 Å². The quantitative estimate of drug-likeness (QED) is 0.811. The van der Waals surface area contributed by atoms with Gasteiger partial charge in [0.15, 0.2) is 0 Å². The molecule has 24 heavy (non-hydrogen) atoms. The van der Waals surface area contributed by atoms with Gasteiger partial charge < -0.3 is 15.1 Å². The normalized spacial score (nSPS) is 23.0. The molecule has 2 amide bonds. The number of para-hydroxylation sites is 1. The molecule has 0 spiro atoms. The van der Waals surface area contributed by atoms with Gasteiger partial charge in [0, 0.05) is 50.7 Å². The number of nitrogens with one attached hydrogen (secondary N) is 1. The zero-order chi connectivity index (χ0) is 16.9. The Hall–Kier alpha value is -2.04. The Morgan fingerprint density at radius 3 is 2.42 bits per heavy atom. The van der Waals surface area contributed by atoms with E-state index in [1.165, 1.54) is 5.69 Å². The first-order valence-corrected chi connectivity index (χ1v) is 9.00.